The van der Waals surface area contributed by atoms with Crippen LogP contribution in [0.4, 0.5) is 8.78 Å². The Bertz CT molecular complexity index is 1080. The van der Waals surface area contributed by atoms with Crippen LogP contribution in [0.5, 0.6) is 0 Å². The van der Waals surface area contributed by atoms with Crippen LogP contribution in [-0.2, 0) is 16.1 Å². The number of benzene rings is 1. The molecule has 1 unspecified atom stereocenters. The molecule has 0 bridgehead atoms. The van der Waals surface area contributed by atoms with E-state index in [0.29, 0.717) is 29.7 Å². The van der Waals surface area contributed by atoms with Crippen LogP contribution in [0.1, 0.15) is 49.0 Å². The summed E-state index contributed by atoms with van der Waals surface area (Å²) in [5, 5.41) is 4.81. The molecule has 1 aliphatic heterocycles. The lowest BCUT2D eigenvalue weighted by Gasteiger charge is -2.27. The molecule has 1 aromatic heterocycles. The molecule has 7 nitrogen and oxygen atoms in total. The number of piperidine rings is 1. The van der Waals surface area contributed by atoms with E-state index in [1.807, 2.05) is 0 Å². The van der Waals surface area contributed by atoms with E-state index in [2.05, 4.69) is 5.10 Å². The Hall–Kier alpha value is -2.84. The van der Waals surface area contributed by atoms with Gasteiger partial charge in [-0.3, -0.25) is 19.1 Å². The molecule has 3 aliphatic rings. The van der Waals surface area contributed by atoms with Crippen LogP contribution in [0, 0.1) is 11.8 Å². The van der Waals surface area contributed by atoms with Crippen molar-refractivity contribution in [2.75, 3.05) is 0 Å². The number of halogens is 2. The number of fused-ring (bicyclic) bond motifs is 2. The molecule has 2 N–H and O–H groups in total. The molecule has 5 rings (SSSR count). The van der Waals surface area contributed by atoms with E-state index in [-0.39, 0.29) is 55.2 Å². The first-order valence-corrected chi connectivity index (χ1v) is 10.7. The second-order valence-electron chi connectivity index (χ2n) is 9.14. The lowest BCUT2D eigenvalue weighted by Crippen LogP contribution is -2.45. The van der Waals surface area contributed by atoms with Gasteiger partial charge < -0.3 is 10.6 Å². The van der Waals surface area contributed by atoms with Crippen LogP contribution in [-0.4, -0.2) is 50.3 Å². The van der Waals surface area contributed by atoms with Gasteiger partial charge in [-0.2, -0.15) is 5.10 Å². The molecular formula is C22H24F2N4O3. The van der Waals surface area contributed by atoms with E-state index in [0.717, 1.165) is 6.42 Å². The predicted molar refractivity (Wildman–Crippen MR) is 107 cm³/mol. The van der Waals surface area contributed by atoms with Crippen molar-refractivity contribution < 1.29 is 23.2 Å². The molecule has 164 valence electrons. The SMILES string of the molecule is NC(=O)c1nn(CC(=O)N2[C@@H]3C[C@@H]3C[C@H]2C(=O)CC2CCC(F)(F)C2)c2ccccc12. The van der Waals surface area contributed by atoms with Crippen LogP contribution in [0.25, 0.3) is 10.9 Å². The van der Waals surface area contributed by atoms with Gasteiger partial charge in [-0.05, 0) is 37.2 Å². The number of nitrogens with zero attached hydrogens (tertiary/aromatic N) is 3. The summed E-state index contributed by atoms with van der Waals surface area (Å²) in [7, 11) is 0. The average molecular weight is 430 g/mol. The Morgan fingerprint density at radius 3 is 2.68 bits per heavy atom. The number of para-hydroxylation sites is 1. The molecule has 1 aromatic carbocycles. The number of rotatable bonds is 6. The van der Waals surface area contributed by atoms with E-state index in [1.54, 1.807) is 29.2 Å². The van der Waals surface area contributed by atoms with Gasteiger partial charge >= 0.3 is 0 Å². The van der Waals surface area contributed by atoms with Crippen LogP contribution in [0.15, 0.2) is 24.3 Å². The number of alkyl halides is 2. The zero-order valence-corrected chi connectivity index (χ0v) is 17.0. The Balaban J connectivity index is 1.33. The normalized spacial score (nSPS) is 28.6. The minimum absolute atomic E-state index is 0.0314. The molecule has 2 heterocycles. The Labute approximate surface area is 177 Å². The maximum Gasteiger partial charge on any atom is 0.269 e. The first-order chi connectivity index (χ1) is 14.7. The van der Waals surface area contributed by atoms with Crippen molar-refractivity contribution in [3.63, 3.8) is 0 Å². The fourth-order valence-electron chi connectivity index (χ4n) is 5.38. The molecule has 9 heteroatoms. The number of carbonyl (C=O) groups is 3. The Morgan fingerprint density at radius 1 is 1.19 bits per heavy atom. The largest absolute Gasteiger partial charge is 0.364 e. The van der Waals surface area contributed by atoms with Crippen molar-refractivity contribution >= 4 is 28.5 Å². The fraction of sp³-hybridized carbons (Fsp3) is 0.545. The molecule has 3 fully saturated rings. The molecule has 0 spiro atoms. The van der Waals surface area contributed by atoms with E-state index < -0.39 is 17.9 Å². The summed E-state index contributed by atoms with van der Waals surface area (Å²) in [5.41, 5.74) is 6.14. The average Bonchev–Trinajstić information content (AvgIpc) is 3.05. The first-order valence-electron chi connectivity index (χ1n) is 10.7. The van der Waals surface area contributed by atoms with E-state index in [9.17, 15) is 23.2 Å². The molecule has 4 atom stereocenters. The van der Waals surface area contributed by atoms with Gasteiger partial charge in [0.25, 0.3) is 5.91 Å². The summed E-state index contributed by atoms with van der Waals surface area (Å²) >= 11 is 0. The molecule has 1 saturated heterocycles. The molecule has 2 amide bonds. The topological polar surface area (TPSA) is 98.3 Å². The predicted octanol–water partition coefficient (Wildman–Crippen LogP) is 2.52. The van der Waals surface area contributed by atoms with Gasteiger partial charge in [0.1, 0.15) is 6.54 Å². The highest BCUT2D eigenvalue weighted by molar-refractivity contribution is 6.04. The number of hydrogen-bond donors (Lipinski definition) is 1. The fourth-order valence-corrected chi connectivity index (χ4v) is 5.38. The maximum atomic E-state index is 13.5. The highest BCUT2D eigenvalue weighted by Crippen LogP contribution is 2.49. The number of hydrogen-bond acceptors (Lipinski definition) is 4. The summed E-state index contributed by atoms with van der Waals surface area (Å²) in [4.78, 5) is 39.5. The van der Waals surface area contributed by atoms with Crippen molar-refractivity contribution in [3.05, 3.63) is 30.0 Å². The monoisotopic (exact) mass is 430 g/mol. The molecule has 31 heavy (non-hydrogen) atoms. The molecular weight excluding hydrogens is 406 g/mol. The van der Waals surface area contributed by atoms with Crippen molar-refractivity contribution in [2.24, 2.45) is 17.6 Å². The Kier molecular flexibility index (Phi) is 4.60. The number of nitrogens with two attached hydrogens (primary N) is 1. The number of Topliss-reactive ketones (excluding diaryl/α,β-unsaturated/α-hetero) is 1. The summed E-state index contributed by atoms with van der Waals surface area (Å²) in [5.74, 6) is -3.73. The van der Waals surface area contributed by atoms with Crippen molar-refractivity contribution in [1.29, 1.82) is 0 Å². The lowest BCUT2D eigenvalue weighted by molar-refractivity contribution is -0.139. The lowest BCUT2D eigenvalue weighted by atomic mass is 9.95. The summed E-state index contributed by atoms with van der Waals surface area (Å²) in [6, 6.07) is 6.51. The zero-order chi connectivity index (χ0) is 21.9. The highest BCUT2D eigenvalue weighted by Gasteiger charge is 2.56. The van der Waals surface area contributed by atoms with Crippen LogP contribution in [0.3, 0.4) is 0 Å². The third kappa shape index (κ3) is 3.59. The van der Waals surface area contributed by atoms with Crippen LogP contribution >= 0.6 is 0 Å². The van der Waals surface area contributed by atoms with Gasteiger partial charge in [-0.25, -0.2) is 8.78 Å². The van der Waals surface area contributed by atoms with Crippen LogP contribution in [0.2, 0.25) is 0 Å². The number of amides is 2. The molecule has 2 saturated carbocycles. The van der Waals surface area contributed by atoms with E-state index >= 15 is 0 Å². The van der Waals surface area contributed by atoms with Crippen molar-refractivity contribution in [3.8, 4) is 0 Å². The number of carbonyl (C=O) groups excluding carboxylic acids is 3. The summed E-state index contributed by atoms with van der Waals surface area (Å²) in [6.45, 7) is -0.109. The number of aromatic nitrogens is 2. The summed E-state index contributed by atoms with van der Waals surface area (Å²) in [6.07, 6.45) is 1.50. The molecule has 0 radical (unpaired) electrons. The molecule has 2 aromatic rings. The minimum Gasteiger partial charge on any atom is -0.364 e. The van der Waals surface area contributed by atoms with Crippen molar-refractivity contribution in [1.82, 2.24) is 14.7 Å². The third-order valence-electron chi connectivity index (χ3n) is 6.94. The second kappa shape index (κ2) is 7.10. The van der Waals surface area contributed by atoms with Gasteiger partial charge in [0.05, 0.1) is 11.6 Å². The smallest absolute Gasteiger partial charge is 0.269 e. The van der Waals surface area contributed by atoms with E-state index in [4.69, 9.17) is 5.73 Å². The van der Waals surface area contributed by atoms with Crippen molar-refractivity contribution in [2.45, 2.75) is 63.1 Å². The highest BCUT2D eigenvalue weighted by atomic mass is 19.3. The quantitative estimate of drug-likeness (QED) is 0.761. The van der Waals surface area contributed by atoms with Gasteiger partial charge in [0.2, 0.25) is 11.8 Å². The maximum absolute atomic E-state index is 13.5. The van der Waals surface area contributed by atoms with Gasteiger partial charge in [-0.1, -0.05) is 18.2 Å². The Morgan fingerprint density at radius 2 is 1.97 bits per heavy atom. The number of likely N-dealkylation sites (tertiary alicyclic amines) is 1. The summed E-state index contributed by atoms with van der Waals surface area (Å²) < 4.78 is 28.5. The van der Waals surface area contributed by atoms with Gasteiger partial charge in [0, 0.05) is 30.7 Å². The van der Waals surface area contributed by atoms with Gasteiger partial charge in [0.15, 0.2) is 11.5 Å². The standard InChI is InChI=1S/C22H24F2N4O3/c23-22(24)6-5-12(10-22)7-18(29)17-9-13-8-16(13)28(17)19(30)11-27-15-4-2-1-3-14(15)20(26-27)21(25)31/h1-4,12-13,16-17H,5-11H2,(H2,25,31)/t12?,13-,16-,17+/m1/s1. The van der Waals surface area contributed by atoms with Crippen LogP contribution < -0.4 is 5.73 Å². The number of primary amides is 1. The van der Waals surface area contributed by atoms with Gasteiger partial charge in [-0.15, -0.1) is 0 Å². The van der Waals surface area contributed by atoms with E-state index in [1.165, 1.54) is 4.68 Å². The zero-order valence-electron chi connectivity index (χ0n) is 17.0. The minimum atomic E-state index is -2.68. The third-order valence-corrected chi connectivity index (χ3v) is 6.94. The number of ketones is 1. The molecule has 2 aliphatic carbocycles. The first kappa shape index (κ1) is 20.1. The second-order valence-corrected chi connectivity index (χ2v) is 9.14.